The monoisotopic (exact) mass is 290 g/mol. The van der Waals surface area contributed by atoms with Crippen molar-refractivity contribution in [2.75, 3.05) is 25.1 Å². The van der Waals surface area contributed by atoms with Gasteiger partial charge < -0.3 is 10.6 Å². The maximum atomic E-state index is 11.7. The molecule has 0 aromatic heterocycles. The van der Waals surface area contributed by atoms with Crippen molar-refractivity contribution >= 4 is 17.8 Å². The normalized spacial score (nSPS) is 25.8. The summed E-state index contributed by atoms with van der Waals surface area (Å²) in [5.41, 5.74) is 3.03. The van der Waals surface area contributed by atoms with Gasteiger partial charge in [0.15, 0.2) is 0 Å². The van der Waals surface area contributed by atoms with Crippen molar-refractivity contribution in [1.82, 2.24) is 10.6 Å². The van der Waals surface area contributed by atoms with Crippen molar-refractivity contribution in [3.8, 4) is 0 Å². The summed E-state index contributed by atoms with van der Waals surface area (Å²) in [4.78, 5) is 11.7. The zero-order valence-electron chi connectivity index (χ0n) is 11.9. The number of amides is 2. The van der Waals surface area contributed by atoms with E-state index < -0.39 is 0 Å². The Balaban J connectivity index is 1.39. The van der Waals surface area contributed by atoms with Gasteiger partial charge in [0.2, 0.25) is 0 Å². The quantitative estimate of drug-likeness (QED) is 0.791. The number of thioether (sulfide) groups is 1. The third-order valence-corrected chi connectivity index (χ3v) is 5.21. The average molecular weight is 290 g/mol. The molecule has 1 aromatic rings. The van der Waals surface area contributed by atoms with E-state index in [0.29, 0.717) is 11.8 Å². The summed E-state index contributed by atoms with van der Waals surface area (Å²) in [6.45, 7) is 1.59. The van der Waals surface area contributed by atoms with E-state index in [1.165, 1.54) is 17.5 Å². The fourth-order valence-corrected chi connectivity index (χ4v) is 3.89. The number of hydrogen-bond acceptors (Lipinski definition) is 2. The van der Waals surface area contributed by atoms with Crippen molar-refractivity contribution < 1.29 is 4.79 Å². The van der Waals surface area contributed by atoms with Gasteiger partial charge >= 0.3 is 6.03 Å². The molecule has 1 fully saturated rings. The molecule has 2 N–H and O–H groups in total. The van der Waals surface area contributed by atoms with Crippen molar-refractivity contribution in [3.05, 3.63) is 35.4 Å². The number of nitrogens with one attached hydrogen (secondary N) is 2. The Morgan fingerprint density at radius 1 is 1.35 bits per heavy atom. The molecule has 1 aromatic carbocycles. The van der Waals surface area contributed by atoms with Crippen LogP contribution in [-0.4, -0.2) is 31.1 Å². The molecule has 4 heteroatoms. The molecule has 2 aliphatic carbocycles. The van der Waals surface area contributed by atoms with E-state index in [1.807, 2.05) is 11.8 Å². The summed E-state index contributed by atoms with van der Waals surface area (Å²) in [6, 6.07) is 8.73. The summed E-state index contributed by atoms with van der Waals surface area (Å²) in [5.74, 6) is 3.22. The van der Waals surface area contributed by atoms with Crippen molar-refractivity contribution in [2.24, 2.45) is 11.8 Å². The highest BCUT2D eigenvalue weighted by Gasteiger charge is 2.54. The van der Waals surface area contributed by atoms with Crippen LogP contribution in [0.2, 0.25) is 0 Å². The summed E-state index contributed by atoms with van der Waals surface area (Å²) < 4.78 is 0. The second kappa shape index (κ2) is 6.08. The number of urea groups is 1. The topological polar surface area (TPSA) is 41.1 Å². The molecular formula is C16H22N2OS. The maximum absolute atomic E-state index is 11.7. The van der Waals surface area contributed by atoms with Crippen LogP contribution in [-0.2, 0) is 6.42 Å². The number of fused-ring (bicyclic) bond motifs is 3. The van der Waals surface area contributed by atoms with Crippen LogP contribution in [0, 0.1) is 11.8 Å². The van der Waals surface area contributed by atoms with E-state index in [2.05, 4.69) is 41.2 Å². The zero-order chi connectivity index (χ0) is 13.9. The first-order valence-corrected chi connectivity index (χ1v) is 8.79. The van der Waals surface area contributed by atoms with Crippen LogP contribution in [0.4, 0.5) is 4.79 Å². The molecule has 0 unspecified atom stereocenters. The highest BCUT2D eigenvalue weighted by Crippen LogP contribution is 2.60. The highest BCUT2D eigenvalue weighted by molar-refractivity contribution is 7.98. The lowest BCUT2D eigenvalue weighted by Gasteiger charge is -2.10. The third-order valence-electron chi connectivity index (χ3n) is 4.51. The number of hydrogen-bond donors (Lipinski definition) is 2. The van der Waals surface area contributed by atoms with Crippen molar-refractivity contribution in [1.29, 1.82) is 0 Å². The molecule has 0 spiro atoms. The van der Waals surface area contributed by atoms with Gasteiger partial charge in [0.05, 0.1) is 0 Å². The first-order valence-electron chi connectivity index (χ1n) is 7.39. The number of rotatable bonds is 6. The number of carbonyl (C=O) groups excluding carboxylic acids is 1. The Morgan fingerprint density at radius 3 is 3.05 bits per heavy atom. The molecule has 0 saturated heterocycles. The van der Waals surface area contributed by atoms with Crippen molar-refractivity contribution in [2.45, 2.75) is 18.8 Å². The molecule has 0 radical (unpaired) electrons. The fourth-order valence-electron chi connectivity index (χ4n) is 3.45. The minimum Gasteiger partial charge on any atom is -0.338 e. The largest absolute Gasteiger partial charge is 0.338 e. The van der Waals surface area contributed by atoms with Gasteiger partial charge in [0.1, 0.15) is 0 Å². The second-order valence-corrected chi connectivity index (χ2v) is 6.73. The molecule has 108 valence electrons. The number of carbonyl (C=O) groups is 1. The van der Waals surface area contributed by atoms with Gasteiger partial charge in [-0.3, -0.25) is 0 Å². The van der Waals surface area contributed by atoms with Gasteiger partial charge in [-0.25, -0.2) is 4.79 Å². The average Bonchev–Trinajstić information content (AvgIpc) is 3.00. The number of benzene rings is 1. The first kappa shape index (κ1) is 13.8. The molecule has 20 heavy (non-hydrogen) atoms. The van der Waals surface area contributed by atoms with Crippen LogP contribution in [0.25, 0.3) is 0 Å². The second-order valence-electron chi connectivity index (χ2n) is 5.74. The standard InChI is InChI=1S/C16H22N2OS/c1-20-8-4-7-17-16(19)18-10-14-13-9-11-5-2-3-6-12(11)15(13)14/h2-3,5-6,13-15H,4,7-10H2,1H3,(H2,17,18,19)/t13-,14+,15-/m0/s1. The molecule has 3 rings (SSSR count). The molecule has 3 nitrogen and oxygen atoms in total. The van der Waals surface area contributed by atoms with Gasteiger partial charge in [-0.15, -0.1) is 0 Å². The maximum Gasteiger partial charge on any atom is 0.314 e. The fraction of sp³-hybridized carbons (Fsp3) is 0.562. The summed E-state index contributed by atoms with van der Waals surface area (Å²) >= 11 is 1.81. The van der Waals surface area contributed by atoms with Crippen LogP contribution < -0.4 is 10.6 Å². The molecule has 0 heterocycles. The molecular weight excluding hydrogens is 268 g/mol. The van der Waals surface area contributed by atoms with Gasteiger partial charge in [-0.05, 0) is 53.7 Å². The SMILES string of the molecule is CSCCCNC(=O)NC[C@@H]1[C@@H]2Cc3ccccc3[C@H]12. The lowest BCUT2D eigenvalue weighted by Crippen LogP contribution is -2.37. The van der Waals surface area contributed by atoms with E-state index in [0.717, 1.165) is 31.2 Å². The lowest BCUT2D eigenvalue weighted by molar-refractivity contribution is 0.240. The summed E-state index contributed by atoms with van der Waals surface area (Å²) in [6.07, 6.45) is 4.32. The van der Waals surface area contributed by atoms with Gasteiger partial charge in [0.25, 0.3) is 0 Å². The van der Waals surface area contributed by atoms with E-state index in [1.54, 1.807) is 0 Å². The van der Waals surface area contributed by atoms with E-state index in [-0.39, 0.29) is 6.03 Å². The van der Waals surface area contributed by atoms with Gasteiger partial charge in [0, 0.05) is 13.1 Å². The zero-order valence-corrected chi connectivity index (χ0v) is 12.7. The molecule has 2 aliphatic rings. The minimum absolute atomic E-state index is 0.00985. The van der Waals surface area contributed by atoms with Crippen LogP contribution in [0.5, 0.6) is 0 Å². The third kappa shape index (κ3) is 2.80. The van der Waals surface area contributed by atoms with Gasteiger partial charge in [-0.2, -0.15) is 11.8 Å². The van der Waals surface area contributed by atoms with E-state index in [9.17, 15) is 4.79 Å². The smallest absolute Gasteiger partial charge is 0.314 e. The lowest BCUT2D eigenvalue weighted by atomic mass is 10.0. The van der Waals surface area contributed by atoms with E-state index in [4.69, 9.17) is 0 Å². The van der Waals surface area contributed by atoms with Crippen LogP contribution in [0.15, 0.2) is 24.3 Å². The van der Waals surface area contributed by atoms with E-state index >= 15 is 0 Å². The summed E-state index contributed by atoms with van der Waals surface area (Å²) in [5, 5.41) is 5.95. The minimum atomic E-state index is -0.00985. The van der Waals surface area contributed by atoms with Crippen LogP contribution in [0.3, 0.4) is 0 Å². The molecule has 3 atom stereocenters. The Kier molecular flexibility index (Phi) is 4.20. The van der Waals surface area contributed by atoms with Gasteiger partial charge in [-0.1, -0.05) is 24.3 Å². The summed E-state index contributed by atoms with van der Waals surface area (Å²) in [7, 11) is 0. The molecule has 1 saturated carbocycles. The van der Waals surface area contributed by atoms with Crippen molar-refractivity contribution in [3.63, 3.8) is 0 Å². The molecule has 0 aliphatic heterocycles. The Hall–Kier alpha value is -1.16. The predicted molar refractivity (Wildman–Crippen MR) is 84.3 cm³/mol. The first-order chi connectivity index (χ1) is 9.81. The Bertz CT molecular complexity index is 491. The predicted octanol–water partition coefficient (Wildman–Crippen LogP) is 2.62. The van der Waals surface area contributed by atoms with Crippen LogP contribution in [0.1, 0.15) is 23.5 Å². The highest BCUT2D eigenvalue weighted by atomic mass is 32.2. The molecule has 2 amide bonds. The Labute approximate surface area is 124 Å². The molecule has 0 bridgehead atoms. The Morgan fingerprint density at radius 2 is 2.20 bits per heavy atom. The van der Waals surface area contributed by atoms with Crippen LogP contribution >= 0.6 is 11.8 Å².